The van der Waals surface area contributed by atoms with Crippen LogP contribution in [0.4, 0.5) is 5.82 Å². The van der Waals surface area contributed by atoms with Crippen LogP contribution in [-0.2, 0) is 0 Å². The van der Waals surface area contributed by atoms with Gasteiger partial charge in [0.2, 0.25) is 5.88 Å². The Balaban J connectivity index is 1.62. The summed E-state index contributed by atoms with van der Waals surface area (Å²) in [5.41, 5.74) is 0. The van der Waals surface area contributed by atoms with Gasteiger partial charge in [-0.25, -0.2) is 0 Å². The van der Waals surface area contributed by atoms with Crippen LogP contribution in [0.2, 0.25) is 4.34 Å². The quantitative estimate of drug-likeness (QED) is 0.832. The minimum Gasteiger partial charge on any atom is -0.471 e. The number of halogens is 1. The van der Waals surface area contributed by atoms with Crippen LogP contribution >= 0.6 is 22.9 Å². The van der Waals surface area contributed by atoms with Crippen LogP contribution in [0.1, 0.15) is 22.5 Å². The Morgan fingerprint density at radius 1 is 1.33 bits per heavy atom. The average Bonchev–Trinajstić information content (AvgIpc) is 3.01. The zero-order chi connectivity index (χ0) is 17.1. The number of carbonyl (C=O) groups is 1. The van der Waals surface area contributed by atoms with E-state index in [2.05, 4.69) is 10.2 Å². The normalized spacial score (nSPS) is 17.6. The first-order chi connectivity index (χ1) is 11.5. The third-order valence-corrected chi connectivity index (χ3v) is 5.04. The maximum Gasteiger partial charge on any atom is 0.264 e. The first-order valence-corrected chi connectivity index (χ1v) is 8.94. The van der Waals surface area contributed by atoms with Gasteiger partial charge in [0.25, 0.3) is 5.91 Å². The van der Waals surface area contributed by atoms with Gasteiger partial charge in [-0.15, -0.1) is 21.5 Å². The van der Waals surface area contributed by atoms with Gasteiger partial charge in [0.15, 0.2) is 5.82 Å². The first kappa shape index (κ1) is 17.0. The van der Waals surface area contributed by atoms with Gasteiger partial charge in [0.05, 0.1) is 15.8 Å². The second kappa shape index (κ2) is 7.36. The van der Waals surface area contributed by atoms with Crippen molar-refractivity contribution in [1.29, 1.82) is 0 Å². The zero-order valence-electron chi connectivity index (χ0n) is 13.6. The molecule has 1 saturated heterocycles. The van der Waals surface area contributed by atoms with Crippen LogP contribution in [-0.4, -0.2) is 54.3 Å². The van der Waals surface area contributed by atoms with Gasteiger partial charge in [-0.2, -0.15) is 0 Å². The summed E-state index contributed by atoms with van der Waals surface area (Å²) in [5, 5.41) is 8.20. The lowest BCUT2D eigenvalue weighted by molar-refractivity contribution is 0.0530. The van der Waals surface area contributed by atoms with Crippen LogP contribution in [0.25, 0.3) is 0 Å². The number of amides is 1. The molecule has 1 amide bonds. The lowest BCUT2D eigenvalue weighted by atomic mass is 10.1. The standard InChI is InChI=1S/C16H19ClN4O2S/c1-20(2)14-7-8-15(19-18-14)23-11-4-3-9-21(10-11)16(22)12-5-6-13(17)24-12/h5-8,11H,3-4,9-10H2,1-2H3. The number of ether oxygens (including phenoxy) is 1. The third kappa shape index (κ3) is 3.96. The highest BCUT2D eigenvalue weighted by atomic mass is 35.5. The number of likely N-dealkylation sites (tertiary alicyclic amines) is 1. The van der Waals surface area contributed by atoms with Gasteiger partial charge in [-0.1, -0.05) is 11.6 Å². The van der Waals surface area contributed by atoms with Crippen molar-refractivity contribution >= 4 is 34.7 Å². The van der Waals surface area contributed by atoms with Crippen LogP contribution in [0.5, 0.6) is 5.88 Å². The van der Waals surface area contributed by atoms with E-state index in [0.717, 1.165) is 25.2 Å². The number of carbonyl (C=O) groups excluding carboxylic acids is 1. The summed E-state index contributed by atoms with van der Waals surface area (Å²) < 4.78 is 6.53. The Bertz CT molecular complexity index is 704. The molecular weight excluding hydrogens is 348 g/mol. The Morgan fingerprint density at radius 2 is 2.17 bits per heavy atom. The lowest BCUT2D eigenvalue weighted by Gasteiger charge is -2.32. The second-order valence-corrected chi connectivity index (χ2v) is 7.58. The van der Waals surface area contributed by atoms with E-state index in [1.54, 1.807) is 12.1 Å². The smallest absolute Gasteiger partial charge is 0.264 e. The predicted molar refractivity (Wildman–Crippen MR) is 95.2 cm³/mol. The lowest BCUT2D eigenvalue weighted by Crippen LogP contribution is -2.44. The van der Waals surface area contributed by atoms with Gasteiger partial charge < -0.3 is 14.5 Å². The Kier molecular flexibility index (Phi) is 5.20. The first-order valence-electron chi connectivity index (χ1n) is 7.75. The molecule has 2 aromatic heterocycles. The van der Waals surface area contributed by atoms with Crippen molar-refractivity contribution in [2.75, 3.05) is 32.1 Å². The highest BCUT2D eigenvalue weighted by Gasteiger charge is 2.26. The summed E-state index contributed by atoms with van der Waals surface area (Å²) in [4.78, 5) is 16.9. The molecule has 0 radical (unpaired) electrons. The molecule has 8 heteroatoms. The van der Waals surface area contributed by atoms with Crippen molar-refractivity contribution in [2.24, 2.45) is 0 Å². The Labute approximate surface area is 150 Å². The molecule has 1 aliphatic heterocycles. The molecule has 24 heavy (non-hydrogen) atoms. The molecule has 3 rings (SSSR count). The number of nitrogens with zero attached hydrogens (tertiary/aromatic N) is 4. The molecule has 128 valence electrons. The number of anilines is 1. The summed E-state index contributed by atoms with van der Waals surface area (Å²) >= 11 is 7.22. The Hall–Kier alpha value is -1.86. The summed E-state index contributed by atoms with van der Waals surface area (Å²) in [5.74, 6) is 1.27. The monoisotopic (exact) mass is 366 g/mol. The van der Waals surface area contributed by atoms with Crippen molar-refractivity contribution in [3.05, 3.63) is 33.5 Å². The topological polar surface area (TPSA) is 58.6 Å². The Morgan fingerprint density at radius 3 is 2.79 bits per heavy atom. The highest BCUT2D eigenvalue weighted by molar-refractivity contribution is 7.17. The predicted octanol–water partition coefficient (Wildman–Crippen LogP) is 2.94. The van der Waals surface area contributed by atoms with Crippen molar-refractivity contribution in [3.8, 4) is 5.88 Å². The minimum atomic E-state index is -0.0716. The molecule has 1 atom stereocenters. The SMILES string of the molecule is CN(C)c1ccc(OC2CCCN(C(=O)c3ccc(Cl)s3)C2)nn1. The van der Waals surface area contributed by atoms with Crippen molar-refractivity contribution in [1.82, 2.24) is 15.1 Å². The number of hydrogen-bond donors (Lipinski definition) is 0. The molecule has 6 nitrogen and oxygen atoms in total. The van der Waals surface area contributed by atoms with Crippen LogP contribution < -0.4 is 9.64 Å². The van der Waals surface area contributed by atoms with Gasteiger partial charge in [0, 0.05) is 26.7 Å². The van der Waals surface area contributed by atoms with Crippen LogP contribution in [0.3, 0.4) is 0 Å². The molecule has 0 saturated carbocycles. The summed E-state index contributed by atoms with van der Waals surface area (Å²) in [6.07, 6.45) is 1.72. The average molecular weight is 367 g/mol. The van der Waals surface area contributed by atoms with E-state index in [1.165, 1.54) is 11.3 Å². The van der Waals surface area contributed by atoms with Crippen LogP contribution in [0.15, 0.2) is 24.3 Å². The molecule has 1 fully saturated rings. The number of piperidine rings is 1. The van der Waals surface area contributed by atoms with E-state index < -0.39 is 0 Å². The van der Waals surface area contributed by atoms with E-state index in [4.69, 9.17) is 16.3 Å². The van der Waals surface area contributed by atoms with Crippen LogP contribution in [0, 0.1) is 0 Å². The van der Waals surface area contributed by atoms with E-state index in [1.807, 2.05) is 36.0 Å². The molecule has 1 aliphatic rings. The number of aromatic nitrogens is 2. The fourth-order valence-corrected chi connectivity index (χ4v) is 3.60. The van der Waals surface area contributed by atoms with Crippen molar-refractivity contribution in [2.45, 2.75) is 18.9 Å². The minimum absolute atomic E-state index is 0.00856. The highest BCUT2D eigenvalue weighted by Crippen LogP contribution is 2.25. The fraction of sp³-hybridized carbons (Fsp3) is 0.438. The summed E-state index contributed by atoms with van der Waals surface area (Å²) in [7, 11) is 3.82. The van der Waals surface area contributed by atoms with E-state index in [0.29, 0.717) is 21.6 Å². The molecular formula is C16H19ClN4O2S. The van der Waals surface area contributed by atoms with E-state index in [9.17, 15) is 4.79 Å². The van der Waals surface area contributed by atoms with E-state index in [-0.39, 0.29) is 12.0 Å². The molecule has 0 aliphatic carbocycles. The molecule has 3 heterocycles. The fourth-order valence-electron chi connectivity index (χ4n) is 2.59. The zero-order valence-corrected chi connectivity index (χ0v) is 15.2. The van der Waals surface area contributed by atoms with Gasteiger partial charge >= 0.3 is 0 Å². The number of hydrogen-bond acceptors (Lipinski definition) is 6. The molecule has 1 unspecified atom stereocenters. The molecule has 0 aromatic carbocycles. The number of thiophene rings is 1. The van der Waals surface area contributed by atoms with Gasteiger partial charge in [0.1, 0.15) is 6.10 Å². The van der Waals surface area contributed by atoms with Crippen molar-refractivity contribution in [3.63, 3.8) is 0 Å². The van der Waals surface area contributed by atoms with Gasteiger partial charge in [-0.3, -0.25) is 4.79 Å². The maximum absolute atomic E-state index is 12.5. The van der Waals surface area contributed by atoms with E-state index >= 15 is 0 Å². The molecule has 0 bridgehead atoms. The molecule has 0 spiro atoms. The second-order valence-electron chi connectivity index (χ2n) is 5.86. The molecule has 2 aromatic rings. The molecule has 0 N–H and O–H groups in total. The van der Waals surface area contributed by atoms with Crippen molar-refractivity contribution < 1.29 is 9.53 Å². The van der Waals surface area contributed by atoms with Gasteiger partial charge in [-0.05, 0) is 31.0 Å². The third-order valence-electron chi connectivity index (χ3n) is 3.82. The number of rotatable bonds is 4. The largest absolute Gasteiger partial charge is 0.471 e. The summed E-state index contributed by atoms with van der Waals surface area (Å²) in [6.45, 7) is 1.28. The maximum atomic E-state index is 12.5. The summed E-state index contributed by atoms with van der Waals surface area (Å²) in [6, 6.07) is 7.19.